The Labute approximate surface area is 143 Å². The van der Waals surface area contributed by atoms with Crippen LogP contribution in [0, 0.1) is 0 Å². The monoisotopic (exact) mass is 341 g/mol. The standard InChI is InChI=1S/C17H15N3OS2/c1-2-22-14-5-3-13(4-6-14)16(21)20-17-19-15(11-23-17)12-7-9-18-10-8-12/h3-11H,2H2,1H3,(H,19,20,21). The molecule has 0 spiro atoms. The predicted molar refractivity (Wildman–Crippen MR) is 96.1 cm³/mol. The van der Waals surface area contributed by atoms with Crippen LogP contribution >= 0.6 is 23.1 Å². The predicted octanol–water partition coefficient (Wildman–Crippen LogP) is 4.57. The lowest BCUT2D eigenvalue weighted by Crippen LogP contribution is -2.11. The fourth-order valence-electron chi connectivity index (χ4n) is 2.02. The van der Waals surface area contributed by atoms with Crippen LogP contribution in [-0.2, 0) is 0 Å². The number of benzene rings is 1. The second-order valence-corrected chi connectivity index (χ2v) is 6.88. The topological polar surface area (TPSA) is 54.9 Å². The molecule has 0 fully saturated rings. The summed E-state index contributed by atoms with van der Waals surface area (Å²) in [5.41, 5.74) is 2.45. The van der Waals surface area contributed by atoms with Gasteiger partial charge in [-0.15, -0.1) is 23.1 Å². The molecule has 1 N–H and O–H groups in total. The van der Waals surface area contributed by atoms with Crippen molar-refractivity contribution in [2.24, 2.45) is 0 Å². The second-order valence-electron chi connectivity index (χ2n) is 4.69. The molecule has 0 unspecified atom stereocenters. The maximum Gasteiger partial charge on any atom is 0.257 e. The van der Waals surface area contributed by atoms with E-state index in [2.05, 4.69) is 22.2 Å². The van der Waals surface area contributed by atoms with Crippen LogP contribution in [0.15, 0.2) is 59.1 Å². The highest BCUT2D eigenvalue weighted by Gasteiger charge is 2.10. The molecular formula is C17H15N3OS2. The van der Waals surface area contributed by atoms with Gasteiger partial charge in [0.15, 0.2) is 5.13 Å². The van der Waals surface area contributed by atoms with Crippen molar-refractivity contribution in [3.05, 3.63) is 59.7 Å². The number of carbonyl (C=O) groups is 1. The molecule has 0 aliphatic rings. The number of hydrogen-bond acceptors (Lipinski definition) is 5. The van der Waals surface area contributed by atoms with Crippen molar-refractivity contribution in [3.8, 4) is 11.3 Å². The van der Waals surface area contributed by atoms with Gasteiger partial charge in [-0.3, -0.25) is 15.1 Å². The van der Waals surface area contributed by atoms with E-state index in [9.17, 15) is 4.79 Å². The van der Waals surface area contributed by atoms with Crippen LogP contribution in [-0.4, -0.2) is 21.6 Å². The van der Waals surface area contributed by atoms with Crippen LogP contribution in [0.1, 0.15) is 17.3 Å². The zero-order valence-electron chi connectivity index (χ0n) is 12.5. The van der Waals surface area contributed by atoms with Crippen LogP contribution in [0.4, 0.5) is 5.13 Å². The summed E-state index contributed by atoms with van der Waals surface area (Å²) < 4.78 is 0. The van der Waals surface area contributed by atoms with Crippen LogP contribution < -0.4 is 5.32 Å². The Morgan fingerprint density at radius 2 is 1.91 bits per heavy atom. The van der Waals surface area contributed by atoms with Crippen molar-refractivity contribution >= 4 is 34.1 Å². The summed E-state index contributed by atoms with van der Waals surface area (Å²) in [4.78, 5) is 21.9. The maximum atomic E-state index is 12.3. The molecule has 1 aromatic carbocycles. The number of nitrogens with zero attached hydrogens (tertiary/aromatic N) is 2. The number of aromatic nitrogens is 2. The van der Waals surface area contributed by atoms with Gasteiger partial charge in [0, 0.05) is 33.8 Å². The summed E-state index contributed by atoms with van der Waals surface area (Å²) in [5, 5.41) is 5.36. The van der Waals surface area contributed by atoms with Gasteiger partial charge in [0.05, 0.1) is 5.69 Å². The molecule has 3 aromatic rings. The third-order valence-corrected chi connectivity index (χ3v) is 4.78. The normalized spacial score (nSPS) is 10.5. The smallest absolute Gasteiger partial charge is 0.257 e. The number of pyridine rings is 1. The summed E-state index contributed by atoms with van der Waals surface area (Å²) in [5.74, 6) is 0.872. The van der Waals surface area contributed by atoms with Gasteiger partial charge < -0.3 is 0 Å². The number of carbonyl (C=O) groups excluding carboxylic acids is 1. The van der Waals surface area contributed by atoms with Crippen molar-refractivity contribution in [1.82, 2.24) is 9.97 Å². The van der Waals surface area contributed by atoms with Gasteiger partial charge >= 0.3 is 0 Å². The lowest BCUT2D eigenvalue weighted by Gasteiger charge is -2.03. The first kappa shape index (κ1) is 15.7. The molecule has 0 saturated carbocycles. The van der Waals surface area contributed by atoms with Crippen molar-refractivity contribution in [2.75, 3.05) is 11.1 Å². The number of anilines is 1. The highest BCUT2D eigenvalue weighted by Crippen LogP contribution is 2.25. The van der Waals surface area contributed by atoms with Crippen LogP contribution in [0.25, 0.3) is 11.3 Å². The molecule has 116 valence electrons. The van der Waals surface area contributed by atoms with Gasteiger partial charge in [0.25, 0.3) is 5.91 Å². The molecule has 4 nitrogen and oxygen atoms in total. The van der Waals surface area contributed by atoms with Gasteiger partial charge in [-0.1, -0.05) is 6.92 Å². The molecule has 0 saturated heterocycles. The van der Waals surface area contributed by atoms with E-state index in [4.69, 9.17) is 0 Å². The van der Waals surface area contributed by atoms with E-state index in [1.165, 1.54) is 16.2 Å². The van der Waals surface area contributed by atoms with E-state index in [1.807, 2.05) is 41.8 Å². The quantitative estimate of drug-likeness (QED) is 0.691. The summed E-state index contributed by atoms with van der Waals surface area (Å²) in [6.07, 6.45) is 3.45. The third-order valence-electron chi connectivity index (χ3n) is 3.13. The zero-order valence-corrected chi connectivity index (χ0v) is 14.2. The summed E-state index contributed by atoms with van der Waals surface area (Å²) in [7, 11) is 0. The van der Waals surface area contributed by atoms with Crippen molar-refractivity contribution < 1.29 is 4.79 Å². The molecule has 3 rings (SSSR count). The average Bonchev–Trinajstić information content (AvgIpc) is 3.05. The summed E-state index contributed by atoms with van der Waals surface area (Å²) in [6.45, 7) is 2.11. The van der Waals surface area contributed by atoms with Crippen molar-refractivity contribution in [2.45, 2.75) is 11.8 Å². The largest absolute Gasteiger partial charge is 0.298 e. The first-order chi connectivity index (χ1) is 11.3. The molecule has 23 heavy (non-hydrogen) atoms. The minimum absolute atomic E-state index is 0.145. The van der Waals surface area contributed by atoms with E-state index in [0.717, 1.165) is 17.0 Å². The molecule has 0 radical (unpaired) electrons. The van der Waals surface area contributed by atoms with Crippen LogP contribution in [0.2, 0.25) is 0 Å². The zero-order chi connectivity index (χ0) is 16.1. The SMILES string of the molecule is CCSc1ccc(C(=O)Nc2nc(-c3ccncc3)cs2)cc1. The van der Waals surface area contributed by atoms with Gasteiger partial charge in [0.2, 0.25) is 0 Å². The van der Waals surface area contributed by atoms with Crippen molar-refractivity contribution in [1.29, 1.82) is 0 Å². The third kappa shape index (κ3) is 3.97. The fourth-order valence-corrected chi connectivity index (χ4v) is 3.40. The molecule has 2 heterocycles. The number of nitrogens with one attached hydrogen (secondary N) is 1. The first-order valence-electron chi connectivity index (χ1n) is 7.16. The van der Waals surface area contributed by atoms with Gasteiger partial charge in [-0.25, -0.2) is 4.98 Å². The second kappa shape index (κ2) is 7.39. The Hall–Kier alpha value is -2.18. The maximum absolute atomic E-state index is 12.3. The minimum atomic E-state index is -0.145. The van der Waals surface area contributed by atoms with Crippen molar-refractivity contribution in [3.63, 3.8) is 0 Å². The van der Waals surface area contributed by atoms with Gasteiger partial charge in [-0.2, -0.15) is 0 Å². The Bertz CT molecular complexity index is 785. The lowest BCUT2D eigenvalue weighted by atomic mass is 10.2. The number of thiazole rings is 1. The van der Waals surface area contributed by atoms with E-state index in [0.29, 0.717) is 10.7 Å². The Morgan fingerprint density at radius 3 is 2.61 bits per heavy atom. The van der Waals surface area contributed by atoms with Crippen LogP contribution in [0.5, 0.6) is 0 Å². The molecule has 2 aromatic heterocycles. The van der Waals surface area contributed by atoms with E-state index in [1.54, 1.807) is 24.2 Å². The van der Waals surface area contributed by atoms with E-state index in [-0.39, 0.29) is 5.91 Å². The highest BCUT2D eigenvalue weighted by atomic mass is 32.2. The summed E-state index contributed by atoms with van der Waals surface area (Å²) in [6, 6.07) is 11.4. The number of thioether (sulfide) groups is 1. The number of rotatable bonds is 5. The van der Waals surface area contributed by atoms with E-state index >= 15 is 0 Å². The van der Waals surface area contributed by atoms with E-state index < -0.39 is 0 Å². The molecule has 6 heteroatoms. The molecule has 1 amide bonds. The first-order valence-corrected chi connectivity index (χ1v) is 9.03. The Morgan fingerprint density at radius 1 is 1.17 bits per heavy atom. The molecule has 0 aliphatic carbocycles. The lowest BCUT2D eigenvalue weighted by molar-refractivity contribution is 0.102. The average molecular weight is 341 g/mol. The Balaban J connectivity index is 1.69. The molecule has 0 bridgehead atoms. The molecule has 0 aliphatic heterocycles. The Kier molecular flexibility index (Phi) is 5.05. The summed E-state index contributed by atoms with van der Waals surface area (Å²) >= 11 is 3.16. The molecular weight excluding hydrogens is 326 g/mol. The number of amides is 1. The van der Waals surface area contributed by atoms with Crippen LogP contribution in [0.3, 0.4) is 0 Å². The number of hydrogen-bond donors (Lipinski definition) is 1. The van der Waals surface area contributed by atoms with Gasteiger partial charge in [0.1, 0.15) is 0 Å². The highest BCUT2D eigenvalue weighted by molar-refractivity contribution is 7.99. The van der Waals surface area contributed by atoms with Gasteiger partial charge in [-0.05, 0) is 42.2 Å². The minimum Gasteiger partial charge on any atom is -0.298 e. The fraction of sp³-hybridized carbons (Fsp3) is 0.118. The molecule has 0 atom stereocenters.